The number of nitrogens with zero attached hydrogens (tertiary/aromatic N) is 1. The lowest BCUT2D eigenvalue weighted by atomic mass is 10.2. The lowest BCUT2D eigenvalue weighted by Crippen LogP contribution is -2.32. The van der Waals surface area contributed by atoms with E-state index in [-0.39, 0.29) is 0 Å². The molecule has 0 aliphatic rings. The van der Waals surface area contributed by atoms with Gasteiger partial charge in [0, 0.05) is 16.3 Å². The van der Waals surface area contributed by atoms with Crippen LogP contribution in [0.25, 0.3) is 11.3 Å². The summed E-state index contributed by atoms with van der Waals surface area (Å²) in [6, 6.07) is 17.8. The maximum atomic E-state index is 11.8. The highest BCUT2D eigenvalue weighted by Crippen LogP contribution is 2.24. The van der Waals surface area contributed by atoms with Crippen molar-refractivity contribution in [2.45, 2.75) is 6.92 Å². The summed E-state index contributed by atoms with van der Waals surface area (Å²) in [5.41, 5.74) is 4.56. The smallest absolute Gasteiger partial charge is 0.329 e. The Morgan fingerprint density at radius 2 is 1.81 bits per heavy atom. The molecule has 0 bridgehead atoms. The van der Waals surface area contributed by atoms with E-state index in [9.17, 15) is 9.59 Å². The summed E-state index contributed by atoms with van der Waals surface area (Å²) < 4.78 is 5.61. The van der Waals surface area contributed by atoms with Gasteiger partial charge in [-0.05, 0) is 43.3 Å². The Morgan fingerprint density at radius 3 is 2.56 bits per heavy atom. The van der Waals surface area contributed by atoms with E-state index in [0.29, 0.717) is 22.2 Å². The lowest BCUT2D eigenvalue weighted by molar-refractivity contribution is -0.136. The largest absolute Gasteiger partial charge is 0.455 e. The number of aryl methyl sites for hydroxylation is 1. The van der Waals surface area contributed by atoms with Gasteiger partial charge in [-0.1, -0.05) is 41.4 Å². The molecule has 0 radical (unpaired) electrons. The number of hydrogen-bond acceptors (Lipinski definition) is 4. The van der Waals surface area contributed by atoms with Crippen molar-refractivity contribution in [1.82, 2.24) is 5.43 Å². The molecule has 0 saturated heterocycles. The molecule has 0 atom stereocenters. The summed E-state index contributed by atoms with van der Waals surface area (Å²) in [6.45, 7) is 1.93. The van der Waals surface area contributed by atoms with Crippen molar-refractivity contribution in [2.24, 2.45) is 5.10 Å². The molecule has 136 valence electrons. The number of amides is 2. The van der Waals surface area contributed by atoms with Gasteiger partial charge in [-0.2, -0.15) is 5.10 Å². The fourth-order valence-corrected chi connectivity index (χ4v) is 2.44. The summed E-state index contributed by atoms with van der Waals surface area (Å²) in [4.78, 5) is 23.6. The molecule has 0 aliphatic heterocycles. The molecule has 1 heterocycles. The average Bonchev–Trinajstić information content (AvgIpc) is 3.12. The number of furan rings is 1. The van der Waals surface area contributed by atoms with Gasteiger partial charge in [-0.25, -0.2) is 5.43 Å². The zero-order valence-corrected chi connectivity index (χ0v) is 15.2. The van der Waals surface area contributed by atoms with E-state index in [1.807, 2.05) is 31.2 Å². The molecule has 27 heavy (non-hydrogen) atoms. The van der Waals surface area contributed by atoms with Gasteiger partial charge in [0.2, 0.25) is 0 Å². The van der Waals surface area contributed by atoms with Crippen LogP contribution in [-0.2, 0) is 9.59 Å². The predicted octanol–water partition coefficient (Wildman–Crippen LogP) is 4.00. The molecule has 6 nitrogen and oxygen atoms in total. The number of nitrogens with one attached hydrogen (secondary N) is 2. The molecule has 2 amide bonds. The SMILES string of the molecule is Cc1ccc(NC(=O)C(=O)NN=Cc2ccc(-c3cccc(Cl)c3)o2)cc1. The Kier molecular flexibility index (Phi) is 5.68. The van der Waals surface area contributed by atoms with Crippen molar-refractivity contribution in [3.8, 4) is 11.3 Å². The van der Waals surface area contributed by atoms with Crippen LogP contribution in [-0.4, -0.2) is 18.0 Å². The van der Waals surface area contributed by atoms with Crippen LogP contribution in [0.3, 0.4) is 0 Å². The van der Waals surface area contributed by atoms with Gasteiger partial charge in [-0.3, -0.25) is 9.59 Å². The third-order valence-electron chi connectivity index (χ3n) is 3.61. The second-order valence-corrected chi connectivity index (χ2v) is 6.17. The van der Waals surface area contributed by atoms with Gasteiger partial charge >= 0.3 is 11.8 Å². The molecule has 0 unspecified atom stereocenters. The number of anilines is 1. The van der Waals surface area contributed by atoms with Crippen LogP contribution in [0.2, 0.25) is 5.02 Å². The molecular formula is C20H16ClN3O3. The number of benzene rings is 2. The highest BCUT2D eigenvalue weighted by Gasteiger charge is 2.12. The monoisotopic (exact) mass is 381 g/mol. The average molecular weight is 382 g/mol. The van der Waals surface area contributed by atoms with Crippen molar-refractivity contribution < 1.29 is 14.0 Å². The van der Waals surface area contributed by atoms with Crippen LogP contribution < -0.4 is 10.7 Å². The van der Waals surface area contributed by atoms with Gasteiger partial charge < -0.3 is 9.73 Å². The van der Waals surface area contributed by atoms with E-state index in [1.165, 1.54) is 6.21 Å². The van der Waals surface area contributed by atoms with Crippen LogP contribution in [0.15, 0.2) is 70.2 Å². The molecule has 0 fully saturated rings. The second kappa shape index (κ2) is 8.33. The molecule has 1 aromatic heterocycles. The first-order valence-corrected chi connectivity index (χ1v) is 8.46. The van der Waals surface area contributed by atoms with Crippen molar-refractivity contribution in [2.75, 3.05) is 5.32 Å². The number of halogens is 1. The molecule has 0 saturated carbocycles. The summed E-state index contributed by atoms with van der Waals surface area (Å²) >= 11 is 5.96. The lowest BCUT2D eigenvalue weighted by Gasteiger charge is -2.03. The second-order valence-electron chi connectivity index (χ2n) is 5.73. The number of hydrazone groups is 1. The Hall–Kier alpha value is -3.38. The van der Waals surface area contributed by atoms with Gasteiger partial charge in [0.25, 0.3) is 0 Å². The van der Waals surface area contributed by atoms with Crippen LogP contribution in [0.4, 0.5) is 5.69 Å². The zero-order valence-electron chi connectivity index (χ0n) is 14.4. The highest BCUT2D eigenvalue weighted by atomic mass is 35.5. The van der Waals surface area contributed by atoms with Crippen LogP contribution in [0, 0.1) is 6.92 Å². The molecule has 2 N–H and O–H groups in total. The van der Waals surface area contributed by atoms with Crippen molar-refractivity contribution >= 4 is 35.3 Å². The molecule has 3 aromatic rings. The Morgan fingerprint density at radius 1 is 1.04 bits per heavy atom. The number of carbonyl (C=O) groups is 2. The maximum absolute atomic E-state index is 11.8. The summed E-state index contributed by atoms with van der Waals surface area (Å²) in [6.07, 6.45) is 1.31. The maximum Gasteiger partial charge on any atom is 0.329 e. The minimum absolute atomic E-state index is 0.421. The molecule has 7 heteroatoms. The van der Waals surface area contributed by atoms with Crippen molar-refractivity contribution in [1.29, 1.82) is 0 Å². The quantitative estimate of drug-likeness (QED) is 0.407. The fraction of sp³-hybridized carbons (Fsp3) is 0.0500. The van der Waals surface area contributed by atoms with E-state index >= 15 is 0 Å². The van der Waals surface area contributed by atoms with E-state index in [4.69, 9.17) is 16.0 Å². The third kappa shape index (κ3) is 5.05. The van der Waals surface area contributed by atoms with Gasteiger partial charge in [0.05, 0.1) is 6.21 Å². The Balaban J connectivity index is 1.56. The van der Waals surface area contributed by atoms with Crippen molar-refractivity contribution in [3.05, 3.63) is 77.0 Å². The van der Waals surface area contributed by atoms with Gasteiger partial charge in [0.1, 0.15) is 11.5 Å². The molecular weight excluding hydrogens is 366 g/mol. The number of carbonyl (C=O) groups excluding carboxylic acids is 2. The molecule has 0 spiro atoms. The Bertz CT molecular complexity index is 994. The topological polar surface area (TPSA) is 83.7 Å². The summed E-state index contributed by atoms with van der Waals surface area (Å²) in [7, 11) is 0. The van der Waals surface area contributed by atoms with Gasteiger partial charge in [0.15, 0.2) is 0 Å². The van der Waals surface area contributed by atoms with E-state index in [1.54, 1.807) is 36.4 Å². The van der Waals surface area contributed by atoms with E-state index in [2.05, 4.69) is 15.8 Å². The molecule has 3 rings (SSSR count). The first-order chi connectivity index (χ1) is 13.0. The van der Waals surface area contributed by atoms with Gasteiger partial charge in [-0.15, -0.1) is 0 Å². The number of rotatable bonds is 4. The summed E-state index contributed by atoms with van der Waals surface area (Å²) in [5.74, 6) is -0.657. The van der Waals surface area contributed by atoms with E-state index in [0.717, 1.165) is 11.1 Å². The third-order valence-corrected chi connectivity index (χ3v) is 3.84. The molecule has 2 aromatic carbocycles. The zero-order chi connectivity index (χ0) is 19.2. The minimum atomic E-state index is -0.881. The number of hydrogen-bond donors (Lipinski definition) is 2. The fourth-order valence-electron chi connectivity index (χ4n) is 2.25. The Labute approximate surface area is 160 Å². The minimum Gasteiger partial charge on any atom is -0.455 e. The van der Waals surface area contributed by atoms with Crippen LogP contribution in [0.5, 0.6) is 0 Å². The van der Waals surface area contributed by atoms with Crippen LogP contribution in [0.1, 0.15) is 11.3 Å². The molecule has 0 aliphatic carbocycles. The highest BCUT2D eigenvalue weighted by molar-refractivity contribution is 6.39. The first-order valence-electron chi connectivity index (χ1n) is 8.08. The first kappa shape index (κ1) is 18.4. The summed E-state index contributed by atoms with van der Waals surface area (Å²) in [5, 5.41) is 6.83. The normalized spacial score (nSPS) is 10.7. The standard InChI is InChI=1S/C20H16ClN3O3/c1-13-5-7-16(8-6-13)23-19(25)20(26)24-22-12-17-9-10-18(27-17)14-3-2-4-15(21)11-14/h2-12H,1H3,(H,23,25)(H,24,26). The predicted molar refractivity (Wildman–Crippen MR) is 105 cm³/mol. The van der Waals surface area contributed by atoms with E-state index < -0.39 is 11.8 Å². The van der Waals surface area contributed by atoms with Crippen molar-refractivity contribution in [3.63, 3.8) is 0 Å². The van der Waals surface area contributed by atoms with Crippen LogP contribution >= 0.6 is 11.6 Å².